The van der Waals surface area contributed by atoms with Gasteiger partial charge in [-0.25, -0.2) is 0 Å². The third-order valence-corrected chi connectivity index (χ3v) is 4.07. The van der Waals surface area contributed by atoms with Crippen LogP contribution in [-0.4, -0.2) is 42.3 Å². The van der Waals surface area contributed by atoms with Crippen LogP contribution in [0.3, 0.4) is 0 Å². The molecule has 0 saturated carbocycles. The van der Waals surface area contributed by atoms with Crippen LogP contribution in [0.4, 0.5) is 0 Å². The van der Waals surface area contributed by atoms with Crippen LogP contribution in [0.25, 0.3) is 0 Å². The van der Waals surface area contributed by atoms with Crippen molar-refractivity contribution < 1.29 is 4.74 Å². The van der Waals surface area contributed by atoms with E-state index in [9.17, 15) is 0 Å². The highest BCUT2D eigenvalue weighted by atomic mass is 16.5. The van der Waals surface area contributed by atoms with Crippen molar-refractivity contribution >= 4 is 0 Å². The van der Waals surface area contributed by atoms with Crippen LogP contribution in [-0.2, 0) is 4.74 Å². The van der Waals surface area contributed by atoms with Gasteiger partial charge in [0.25, 0.3) is 0 Å². The van der Waals surface area contributed by atoms with Gasteiger partial charge in [0.05, 0.1) is 11.7 Å². The number of ether oxygens (including phenoxy) is 1. The van der Waals surface area contributed by atoms with Crippen molar-refractivity contribution in [1.82, 2.24) is 4.90 Å². The maximum Gasteiger partial charge on any atom is 0.0710 e. The van der Waals surface area contributed by atoms with Gasteiger partial charge in [-0.15, -0.1) is 0 Å². The molecule has 3 unspecified atom stereocenters. The summed E-state index contributed by atoms with van der Waals surface area (Å²) in [6.45, 7) is 9.99. The predicted octanol–water partition coefficient (Wildman–Crippen LogP) is 1.61. The Balaban J connectivity index is 1.76. The standard InChI is InChI=1S/C13H26N2O/c1-10(14)11-5-7-15(8-11)9-12-4-6-13(2,3)16-12/h10-12H,4-9,14H2,1-3H3. The molecule has 2 N–H and O–H groups in total. The minimum Gasteiger partial charge on any atom is -0.371 e. The lowest BCUT2D eigenvalue weighted by atomic mass is 10.0. The molecular formula is C13H26N2O. The normalized spacial score (nSPS) is 36.8. The van der Waals surface area contributed by atoms with Crippen LogP contribution < -0.4 is 5.73 Å². The van der Waals surface area contributed by atoms with Gasteiger partial charge in [-0.3, -0.25) is 0 Å². The molecule has 94 valence electrons. The van der Waals surface area contributed by atoms with E-state index >= 15 is 0 Å². The zero-order chi connectivity index (χ0) is 11.8. The summed E-state index contributed by atoms with van der Waals surface area (Å²) in [6, 6.07) is 0.339. The molecule has 3 atom stereocenters. The molecule has 2 saturated heterocycles. The first-order valence-electron chi connectivity index (χ1n) is 6.62. The highest BCUT2D eigenvalue weighted by molar-refractivity contribution is 4.86. The van der Waals surface area contributed by atoms with Crippen molar-refractivity contribution in [2.24, 2.45) is 11.7 Å². The summed E-state index contributed by atoms with van der Waals surface area (Å²) >= 11 is 0. The average Bonchev–Trinajstić information content (AvgIpc) is 2.73. The quantitative estimate of drug-likeness (QED) is 0.794. The Kier molecular flexibility index (Phi) is 3.57. The molecule has 2 aliphatic rings. The Morgan fingerprint density at radius 3 is 2.69 bits per heavy atom. The second-order valence-corrected chi connectivity index (χ2v) is 6.21. The molecule has 0 aromatic rings. The van der Waals surface area contributed by atoms with E-state index in [-0.39, 0.29) is 5.60 Å². The maximum atomic E-state index is 6.03. The molecule has 2 rings (SSSR count). The van der Waals surface area contributed by atoms with Gasteiger partial charge < -0.3 is 15.4 Å². The third kappa shape index (κ3) is 2.96. The first kappa shape index (κ1) is 12.3. The fourth-order valence-corrected chi connectivity index (χ4v) is 2.95. The maximum absolute atomic E-state index is 6.03. The number of nitrogens with zero attached hydrogens (tertiary/aromatic N) is 1. The summed E-state index contributed by atoms with van der Waals surface area (Å²) in [6.07, 6.45) is 4.12. The van der Waals surface area contributed by atoms with Crippen molar-refractivity contribution in [2.45, 2.75) is 57.8 Å². The molecule has 16 heavy (non-hydrogen) atoms. The summed E-state index contributed by atoms with van der Waals surface area (Å²) in [5.41, 5.74) is 6.06. The number of hydrogen-bond acceptors (Lipinski definition) is 3. The third-order valence-electron chi connectivity index (χ3n) is 4.07. The Morgan fingerprint density at radius 2 is 2.19 bits per heavy atom. The summed E-state index contributed by atoms with van der Waals surface area (Å²) in [4.78, 5) is 2.53. The fourth-order valence-electron chi connectivity index (χ4n) is 2.95. The van der Waals surface area contributed by atoms with E-state index in [0.717, 1.165) is 13.1 Å². The highest BCUT2D eigenvalue weighted by Gasteiger charge is 2.34. The van der Waals surface area contributed by atoms with E-state index in [1.165, 1.54) is 25.8 Å². The van der Waals surface area contributed by atoms with Crippen LogP contribution in [0.1, 0.15) is 40.0 Å². The van der Waals surface area contributed by atoms with Gasteiger partial charge in [-0.1, -0.05) is 0 Å². The fraction of sp³-hybridized carbons (Fsp3) is 1.00. The smallest absolute Gasteiger partial charge is 0.0710 e. The number of rotatable bonds is 3. The first-order valence-corrected chi connectivity index (χ1v) is 6.62. The van der Waals surface area contributed by atoms with Gasteiger partial charge in [0, 0.05) is 19.1 Å². The van der Waals surface area contributed by atoms with Gasteiger partial charge in [0.1, 0.15) is 0 Å². The van der Waals surface area contributed by atoms with E-state index in [0.29, 0.717) is 18.1 Å². The van der Waals surface area contributed by atoms with E-state index in [1.54, 1.807) is 0 Å². The zero-order valence-electron chi connectivity index (χ0n) is 10.9. The second-order valence-electron chi connectivity index (χ2n) is 6.21. The van der Waals surface area contributed by atoms with E-state index < -0.39 is 0 Å². The van der Waals surface area contributed by atoms with Gasteiger partial charge in [0.2, 0.25) is 0 Å². The van der Waals surface area contributed by atoms with Crippen molar-refractivity contribution in [2.75, 3.05) is 19.6 Å². The Hall–Kier alpha value is -0.120. The van der Waals surface area contributed by atoms with E-state index in [2.05, 4.69) is 25.7 Å². The molecule has 3 nitrogen and oxygen atoms in total. The summed E-state index contributed by atoms with van der Waals surface area (Å²) < 4.78 is 6.03. The minimum atomic E-state index is 0.102. The largest absolute Gasteiger partial charge is 0.371 e. The number of nitrogens with two attached hydrogens (primary N) is 1. The monoisotopic (exact) mass is 226 g/mol. The molecule has 0 radical (unpaired) electrons. The lowest BCUT2D eigenvalue weighted by molar-refractivity contribution is -0.0266. The second kappa shape index (κ2) is 4.63. The molecular weight excluding hydrogens is 200 g/mol. The Bertz CT molecular complexity index is 240. The number of hydrogen-bond donors (Lipinski definition) is 1. The molecule has 0 amide bonds. The molecule has 3 heteroatoms. The molecule has 2 heterocycles. The Labute approximate surface area is 99.3 Å². The van der Waals surface area contributed by atoms with Gasteiger partial charge in [-0.05, 0) is 52.5 Å². The van der Waals surface area contributed by atoms with Crippen LogP contribution in [0.2, 0.25) is 0 Å². The van der Waals surface area contributed by atoms with Gasteiger partial charge >= 0.3 is 0 Å². The summed E-state index contributed by atoms with van der Waals surface area (Å²) in [7, 11) is 0. The van der Waals surface area contributed by atoms with Gasteiger partial charge in [-0.2, -0.15) is 0 Å². The van der Waals surface area contributed by atoms with Crippen LogP contribution in [0, 0.1) is 5.92 Å². The summed E-state index contributed by atoms with van der Waals surface area (Å²) in [5.74, 6) is 0.689. The lowest BCUT2D eigenvalue weighted by Crippen LogP contribution is -2.34. The molecule has 0 aliphatic carbocycles. The topological polar surface area (TPSA) is 38.5 Å². The molecule has 0 spiro atoms. The molecule has 0 bridgehead atoms. The zero-order valence-corrected chi connectivity index (χ0v) is 10.9. The van der Waals surface area contributed by atoms with Crippen LogP contribution in [0.15, 0.2) is 0 Å². The van der Waals surface area contributed by atoms with Crippen molar-refractivity contribution in [3.8, 4) is 0 Å². The molecule has 2 aliphatic heterocycles. The lowest BCUT2D eigenvalue weighted by Gasteiger charge is -2.24. The molecule has 2 fully saturated rings. The summed E-state index contributed by atoms with van der Waals surface area (Å²) in [5, 5.41) is 0. The van der Waals surface area contributed by atoms with E-state index in [1.807, 2.05) is 0 Å². The van der Waals surface area contributed by atoms with E-state index in [4.69, 9.17) is 10.5 Å². The molecule has 0 aromatic heterocycles. The first-order chi connectivity index (χ1) is 7.46. The highest BCUT2D eigenvalue weighted by Crippen LogP contribution is 2.30. The minimum absolute atomic E-state index is 0.102. The van der Waals surface area contributed by atoms with Crippen molar-refractivity contribution in [3.05, 3.63) is 0 Å². The molecule has 0 aromatic carbocycles. The Morgan fingerprint density at radius 1 is 1.44 bits per heavy atom. The average molecular weight is 226 g/mol. The predicted molar refractivity (Wildman–Crippen MR) is 66.4 cm³/mol. The van der Waals surface area contributed by atoms with Crippen LogP contribution >= 0.6 is 0 Å². The van der Waals surface area contributed by atoms with Crippen molar-refractivity contribution in [3.63, 3.8) is 0 Å². The van der Waals surface area contributed by atoms with Gasteiger partial charge in [0.15, 0.2) is 0 Å². The SMILES string of the molecule is CC(N)C1CCN(CC2CCC(C)(C)O2)C1. The van der Waals surface area contributed by atoms with Crippen molar-refractivity contribution in [1.29, 1.82) is 0 Å². The number of likely N-dealkylation sites (tertiary alicyclic amines) is 1. The van der Waals surface area contributed by atoms with Crippen LogP contribution in [0.5, 0.6) is 0 Å².